The fourth-order valence-corrected chi connectivity index (χ4v) is 8.17. The van der Waals surface area contributed by atoms with E-state index < -0.39 is 75.7 Å². The number of nitrogens with one attached hydrogen (secondary N) is 3. The number of hydrogen-bond acceptors (Lipinski definition) is 5. The van der Waals surface area contributed by atoms with Crippen LogP contribution in [0.25, 0.3) is 0 Å². The molecule has 8 nitrogen and oxygen atoms in total. The molecule has 3 aliphatic heterocycles. The molecule has 44 heavy (non-hydrogen) atoms. The molecular formula is C29H32Cl2F4N4O4S. The maximum absolute atomic E-state index is 15.9. The third-order valence-electron chi connectivity index (χ3n) is 8.65. The first-order valence-electron chi connectivity index (χ1n) is 14.1. The Balaban J connectivity index is 1.55. The Morgan fingerprint density at radius 1 is 1.11 bits per heavy atom. The molecule has 0 unspecified atom stereocenters. The van der Waals surface area contributed by atoms with Crippen LogP contribution in [0.15, 0.2) is 36.4 Å². The van der Waals surface area contributed by atoms with Gasteiger partial charge >= 0.3 is 15.5 Å². The lowest BCUT2D eigenvalue weighted by atomic mass is 9.62. The summed E-state index contributed by atoms with van der Waals surface area (Å²) in [7, 11) is -5.50. The first kappa shape index (κ1) is 32.9. The molecule has 0 aliphatic carbocycles. The SMILES string of the molecule is CC(C)(C)C[C@H]1N[C@@H](C(=O)NC2CCN(S(=O)(=O)C(F)(F)F)CC2)[C@H](c2cccc(Cl)c2F)[C@@]12C(=O)Nc1cc(Cl)ccc12. The molecule has 2 aromatic rings. The molecule has 2 amide bonds. The monoisotopic (exact) mass is 678 g/mol. The van der Waals surface area contributed by atoms with E-state index in [-0.39, 0.29) is 28.8 Å². The maximum Gasteiger partial charge on any atom is 0.511 e. The highest BCUT2D eigenvalue weighted by molar-refractivity contribution is 7.90. The molecule has 3 aliphatic rings. The van der Waals surface area contributed by atoms with Crippen LogP contribution in [0.3, 0.4) is 0 Å². The van der Waals surface area contributed by atoms with Crippen LogP contribution in [0.4, 0.5) is 23.2 Å². The van der Waals surface area contributed by atoms with Crippen LogP contribution in [-0.2, 0) is 25.0 Å². The second kappa shape index (κ2) is 11.4. The Labute approximate surface area is 262 Å². The molecule has 5 rings (SSSR count). The van der Waals surface area contributed by atoms with Crippen LogP contribution in [0.1, 0.15) is 57.1 Å². The zero-order valence-corrected chi connectivity index (χ0v) is 26.4. The average Bonchev–Trinajstić information content (AvgIpc) is 3.39. The Kier molecular flexibility index (Phi) is 8.54. The van der Waals surface area contributed by atoms with Crippen LogP contribution in [-0.4, -0.2) is 61.3 Å². The predicted octanol–water partition coefficient (Wildman–Crippen LogP) is 5.31. The van der Waals surface area contributed by atoms with Gasteiger partial charge in [-0.25, -0.2) is 12.8 Å². The number of fused-ring (bicyclic) bond motifs is 2. The summed E-state index contributed by atoms with van der Waals surface area (Å²) in [6, 6.07) is 6.81. The highest BCUT2D eigenvalue weighted by atomic mass is 35.5. The van der Waals surface area contributed by atoms with E-state index in [2.05, 4.69) is 16.0 Å². The number of rotatable bonds is 5. The zero-order chi connectivity index (χ0) is 32.4. The number of sulfonamides is 1. The van der Waals surface area contributed by atoms with E-state index in [1.54, 1.807) is 18.2 Å². The normalized spacial score (nSPS) is 26.6. The zero-order valence-electron chi connectivity index (χ0n) is 24.1. The summed E-state index contributed by atoms with van der Waals surface area (Å²) >= 11 is 12.5. The molecule has 4 atom stereocenters. The van der Waals surface area contributed by atoms with Gasteiger partial charge < -0.3 is 16.0 Å². The van der Waals surface area contributed by atoms with E-state index in [1.807, 2.05) is 20.8 Å². The number of piperidine rings is 1. The molecule has 2 saturated heterocycles. The molecule has 3 N–H and O–H groups in total. The number of carbonyl (C=O) groups is 2. The number of alkyl halides is 3. The van der Waals surface area contributed by atoms with E-state index in [1.165, 1.54) is 18.2 Å². The Morgan fingerprint density at radius 2 is 1.77 bits per heavy atom. The minimum Gasteiger partial charge on any atom is -0.352 e. The standard InChI is InChI=1S/C29H32Cl2F4N4O4S/c1-27(2,3)14-21-28(18-8-7-15(30)13-20(18)37-26(28)41)22(17-5-4-6-19(31)23(17)32)24(38-21)25(40)36-16-9-11-39(12-10-16)44(42,43)29(33,34)35/h4-8,13,16,21-22,24,38H,9-12,14H2,1-3H3,(H,36,40)(H,37,41)/t21-,22+,24-,28+/m1/s1. The first-order valence-corrected chi connectivity index (χ1v) is 16.3. The summed E-state index contributed by atoms with van der Waals surface area (Å²) in [6.07, 6.45) is 0.267. The van der Waals surface area contributed by atoms with Crippen molar-refractivity contribution >= 4 is 50.7 Å². The molecule has 0 radical (unpaired) electrons. The van der Waals surface area contributed by atoms with Gasteiger partial charge in [-0.05, 0) is 54.0 Å². The summed E-state index contributed by atoms with van der Waals surface area (Å²) < 4.78 is 79.1. The van der Waals surface area contributed by atoms with Crippen molar-refractivity contribution in [2.24, 2.45) is 5.41 Å². The smallest absolute Gasteiger partial charge is 0.352 e. The molecule has 2 fully saturated rings. The predicted molar refractivity (Wildman–Crippen MR) is 158 cm³/mol. The summed E-state index contributed by atoms with van der Waals surface area (Å²) in [5.74, 6) is -2.92. The molecule has 15 heteroatoms. The van der Waals surface area contributed by atoms with Crippen LogP contribution in [0, 0.1) is 11.2 Å². The summed E-state index contributed by atoms with van der Waals surface area (Å²) in [5.41, 5.74) is -6.21. The fraction of sp³-hybridized carbons (Fsp3) is 0.517. The van der Waals surface area contributed by atoms with E-state index in [9.17, 15) is 31.2 Å². The van der Waals surface area contributed by atoms with Crippen molar-refractivity contribution in [3.63, 3.8) is 0 Å². The second-order valence-electron chi connectivity index (χ2n) is 12.7. The quantitative estimate of drug-likeness (QED) is 0.372. The first-order chi connectivity index (χ1) is 20.4. The molecule has 2 aromatic carbocycles. The highest BCUT2D eigenvalue weighted by Gasteiger charge is 2.66. The van der Waals surface area contributed by atoms with Gasteiger partial charge in [-0.15, -0.1) is 0 Å². The molecule has 0 bridgehead atoms. The van der Waals surface area contributed by atoms with Gasteiger partial charge in [-0.3, -0.25) is 9.59 Å². The Bertz CT molecular complexity index is 1590. The molecule has 1 spiro atoms. The van der Waals surface area contributed by atoms with Gasteiger partial charge in [0.05, 0.1) is 11.1 Å². The number of halogens is 6. The third-order valence-corrected chi connectivity index (χ3v) is 10.8. The minimum atomic E-state index is -5.50. The lowest BCUT2D eigenvalue weighted by Crippen LogP contribution is -2.53. The van der Waals surface area contributed by atoms with Crippen molar-refractivity contribution in [2.45, 2.75) is 75.0 Å². The number of benzene rings is 2. The molecular weight excluding hydrogens is 647 g/mol. The number of carbonyl (C=O) groups excluding carboxylic acids is 2. The van der Waals surface area contributed by atoms with Gasteiger partial charge in [0.25, 0.3) is 0 Å². The maximum atomic E-state index is 15.9. The topological polar surface area (TPSA) is 108 Å². The molecule has 3 heterocycles. The Morgan fingerprint density at radius 3 is 2.39 bits per heavy atom. The van der Waals surface area contributed by atoms with Crippen molar-refractivity contribution in [3.05, 3.63) is 63.4 Å². The molecule has 0 aromatic heterocycles. The van der Waals surface area contributed by atoms with Gasteiger partial charge in [0, 0.05) is 41.8 Å². The fourth-order valence-electron chi connectivity index (χ4n) is 6.83. The van der Waals surface area contributed by atoms with Gasteiger partial charge in [0.15, 0.2) is 0 Å². The van der Waals surface area contributed by atoms with E-state index >= 15 is 4.39 Å². The summed E-state index contributed by atoms with van der Waals surface area (Å²) in [4.78, 5) is 28.2. The lowest BCUT2D eigenvalue weighted by molar-refractivity contribution is -0.124. The van der Waals surface area contributed by atoms with Crippen LogP contribution in [0.5, 0.6) is 0 Å². The number of amides is 2. The number of nitrogens with zero attached hydrogens (tertiary/aromatic N) is 1. The second-order valence-corrected chi connectivity index (χ2v) is 15.5. The van der Waals surface area contributed by atoms with Crippen molar-refractivity contribution < 1.29 is 35.6 Å². The van der Waals surface area contributed by atoms with Gasteiger partial charge in [0.1, 0.15) is 11.2 Å². The van der Waals surface area contributed by atoms with Gasteiger partial charge in [-0.1, -0.05) is 62.2 Å². The Hall–Kier alpha value is -2.45. The van der Waals surface area contributed by atoms with Gasteiger partial charge in [0.2, 0.25) is 11.8 Å². The van der Waals surface area contributed by atoms with Gasteiger partial charge in [-0.2, -0.15) is 17.5 Å². The summed E-state index contributed by atoms with van der Waals surface area (Å²) in [6.45, 7) is 5.05. The van der Waals surface area contributed by atoms with E-state index in [0.717, 1.165) is 0 Å². The largest absolute Gasteiger partial charge is 0.511 e. The average molecular weight is 680 g/mol. The highest BCUT2D eigenvalue weighted by Crippen LogP contribution is 2.57. The van der Waals surface area contributed by atoms with Crippen molar-refractivity contribution in [2.75, 3.05) is 18.4 Å². The minimum absolute atomic E-state index is 0.0469. The molecule has 0 saturated carbocycles. The lowest BCUT2D eigenvalue weighted by Gasteiger charge is -2.38. The van der Waals surface area contributed by atoms with E-state index in [0.29, 0.717) is 27.0 Å². The van der Waals surface area contributed by atoms with Crippen molar-refractivity contribution in [3.8, 4) is 0 Å². The molecule has 240 valence electrons. The van der Waals surface area contributed by atoms with Crippen LogP contribution < -0.4 is 16.0 Å². The van der Waals surface area contributed by atoms with Crippen LogP contribution >= 0.6 is 23.2 Å². The van der Waals surface area contributed by atoms with Crippen molar-refractivity contribution in [1.29, 1.82) is 0 Å². The van der Waals surface area contributed by atoms with E-state index in [4.69, 9.17) is 23.2 Å². The number of anilines is 1. The summed E-state index contributed by atoms with van der Waals surface area (Å²) in [5, 5.41) is 9.23. The number of hydrogen-bond donors (Lipinski definition) is 3. The van der Waals surface area contributed by atoms with Crippen LogP contribution in [0.2, 0.25) is 10.0 Å². The third kappa shape index (κ3) is 5.59. The van der Waals surface area contributed by atoms with Crippen molar-refractivity contribution in [1.82, 2.24) is 14.9 Å².